The summed E-state index contributed by atoms with van der Waals surface area (Å²) >= 11 is 0. The zero-order valence-corrected chi connectivity index (χ0v) is 12.8. The monoisotopic (exact) mass is 340 g/mol. The fourth-order valence-electron chi connectivity index (χ4n) is 2.15. The van der Waals surface area contributed by atoms with E-state index in [0.29, 0.717) is 19.8 Å². The number of amides is 2. The Morgan fingerprint density at radius 3 is 2.67 bits per heavy atom. The Morgan fingerprint density at radius 1 is 1.29 bits per heavy atom. The number of halogens is 1. The number of ether oxygens (including phenoxy) is 1. The number of carbonyl (C=O) groups is 2. The second-order valence-corrected chi connectivity index (χ2v) is 5.09. The first-order valence-electron chi connectivity index (χ1n) is 7.30. The average Bonchev–Trinajstić information content (AvgIpc) is 2.57. The number of nitro benzene ring substituents is 1. The molecule has 10 heteroatoms. The van der Waals surface area contributed by atoms with E-state index in [0.717, 1.165) is 31.3 Å². The molecule has 1 heterocycles. The van der Waals surface area contributed by atoms with Crippen LogP contribution >= 0.6 is 0 Å². The van der Waals surface area contributed by atoms with Gasteiger partial charge in [-0.05, 0) is 12.1 Å². The molecule has 0 saturated carbocycles. The third-order valence-electron chi connectivity index (χ3n) is 3.42. The predicted octanol–water partition coefficient (Wildman–Crippen LogP) is 0.121. The number of nitrogens with one attached hydrogen (secondary N) is 2. The molecule has 1 aliphatic rings. The van der Waals surface area contributed by atoms with Crippen molar-refractivity contribution in [3.63, 3.8) is 0 Å². The molecule has 1 aromatic carbocycles. The molecule has 0 aromatic heterocycles. The first-order valence-corrected chi connectivity index (χ1v) is 7.30. The lowest BCUT2D eigenvalue weighted by Gasteiger charge is -2.26. The topological polar surface area (TPSA) is 114 Å². The van der Waals surface area contributed by atoms with E-state index in [1.165, 1.54) is 0 Å². The molecule has 2 N–H and O–H groups in total. The highest BCUT2D eigenvalue weighted by Crippen LogP contribution is 2.21. The molecule has 0 spiro atoms. The summed E-state index contributed by atoms with van der Waals surface area (Å²) in [4.78, 5) is 35.3. The van der Waals surface area contributed by atoms with Crippen molar-refractivity contribution in [2.45, 2.75) is 0 Å². The van der Waals surface area contributed by atoms with Crippen LogP contribution < -0.4 is 10.6 Å². The number of benzene rings is 1. The van der Waals surface area contributed by atoms with Crippen LogP contribution in [-0.4, -0.2) is 61.0 Å². The van der Waals surface area contributed by atoms with E-state index >= 15 is 0 Å². The zero-order valence-electron chi connectivity index (χ0n) is 12.8. The Labute approximate surface area is 136 Å². The van der Waals surface area contributed by atoms with Gasteiger partial charge in [0, 0.05) is 37.9 Å². The third-order valence-corrected chi connectivity index (χ3v) is 3.42. The molecule has 2 rings (SSSR count). The number of nitrogens with zero attached hydrogens (tertiary/aromatic N) is 2. The summed E-state index contributed by atoms with van der Waals surface area (Å²) in [6.07, 6.45) is 0. The van der Waals surface area contributed by atoms with Gasteiger partial charge in [-0.1, -0.05) is 0 Å². The molecule has 0 radical (unpaired) electrons. The highest BCUT2D eigenvalue weighted by atomic mass is 19.1. The van der Waals surface area contributed by atoms with Gasteiger partial charge in [0.1, 0.15) is 0 Å². The van der Waals surface area contributed by atoms with Gasteiger partial charge in [0.15, 0.2) is 0 Å². The van der Waals surface area contributed by atoms with Gasteiger partial charge in [0.25, 0.3) is 0 Å². The second kappa shape index (κ2) is 8.31. The zero-order chi connectivity index (χ0) is 17.5. The highest BCUT2D eigenvalue weighted by Gasteiger charge is 2.18. The molecule has 2 amide bonds. The largest absolute Gasteiger partial charge is 0.379 e. The van der Waals surface area contributed by atoms with Crippen LogP contribution in [-0.2, 0) is 14.3 Å². The Morgan fingerprint density at radius 2 is 2.00 bits per heavy atom. The molecule has 130 valence electrons. The minimum Gasteiger partial charge on any atom is -0.379 e. The van der Waals surface area contributed by atoms with Gasteiger partial charge in [0.05, 0.1) is 18.1 Å². The molecule has 0 unspecified atom stereocenters. The Hall–Kier alpha value is -2.59. The Bertz CT molecular complexity index is 634. The van der Waals surface area contributed by atoms with Crippen molar-refractivity contribution in [2.75, 3.05) is 44.7 Å². The van der Waals surface area contributed by atoms with Gasteiger partial charge < -0.3 is 15.4 Å². The SMILES string of the molecule is O=C(NCCN1CCOCC1)C(=O)Nc1ccc(F)c([N+](=O)[O-])c1. The lowest BCUT2D eigenvalue weighted by Crippen LogP contribution is -2.43. The van der Waals surface area contributed by atoms with E-state index in [9.17, 15) is 24.1 Å². The fourth-order valence-corrected chi connectivity index (χ4v) is 2.15. The smallest absolute Gasteiger partial charge is 0.313 e. The predicted molar refractivity (Wildman–Crippen MR) is 82.0 cm³/mol. The molecule has 9 nitrogen and oxygen atoms in total. The maximum absolute atomic E-state index is 13.2. The van der Waals surface area contributed by atoms with Crippen molar-refractivity contribution in [2.24, 2.45) is 0 Å². The Balaban J connectivity index is 1.81. The molecule has 1 aromatic rings. The highest BCUT2D eigenvalue weighted by molar-refractivity contribution is 6.39. The fraction of sp³-hybridized carbons (Fsp3) is 0.429. The summed E-state index contributed by atoms with van der Waals surface area (Å²) in [5.41, 5.74) is -0.808. The molecular formula is C14H17FN4O5. The molecule has 0 bridgehead atoms. The number of morpholine rings is 1. The standard InChI is InChI=1S/C14H17FN4O5/c15-11-2-1-10(9-12(11)19(22)23)17-14(21)13(20)16-3-4-18-5-7-24-8-6-18/h1-2,9H,3-8H2,(H,16,20)(H,17,21). The van der Waals surface area contributed by atoms with E-state index < -0.39 is 28.2 Å². The van der Waals surface area contributed by atoms with Crippen LogP contribution in [0.3, 0.4) is 0 Å². The average molecular weight is 340 g/mol. The van der Waals surface area contributed by atoms with Gasteiger partial charge >= 0.3 is 17.5 Å². The number of anilines is 1. The van der Waals surface area contributed by atoms with Gasteiger partial charge in [-0.15, -0.1) is 0 Å². The maximum atomic E-state index is 13.2. The third kappa shape index (κ3) is 4.96. The maximum Gasteiger partial charge on any atom is 0.313 e. The van der Waals surface area contributed by atoms with Crippen LogP contribution in [0.1, 0.15) is 0 Å². The van der Waals surface area contributed by atoms with Crippen LogP contribution in [0, 0.1) is 15.9 Å². The van der Waals surface area contributed by atoms with Crippen molar-refractivity contribution in [1.82, 2.24) is 10.2 Å². The second-order valence-electron chi connectivity index (χ2n) is 5.09. The number of carbonyl (C=O) groups excluding carboxylic acids is 2. The van der Waals surface area contributed by atoms with Gasteiger partial charge in [0.2, 0.25) is 5.82 Å². The summed E-state index contributed by atoms with van der Waals surface area (Å²) in [5.74, 6) is -2.86. The molecule has 0 aliphatic carbocycles. The minimum absolute atomic E-state index is 0.0311. The first-order chi connectivity index (χ1) is 11.5. The van der Waals surface area contributed by atoms with E-state index in [2.05, 4.69) is 15.5 Å². The van der Waals surface area contributed by atoms with Crippen LogP contribution in [0.25, 0.3) is 0 Å². The van der Waals surface area contributed by atoms with E-state index in [-0.39, 0.29) is 12.2 Å². The number of hydrogen-bond donors (Lipinski definition) is 2. The number of hydrogen-bond acceptors (Lipinski definition) is 6. The van der Waals surface area contributed by atoms with Crippen molar-refractivity contribution in [3.8, 4) is 0 Å². The van der Waals surface area contributed by atoms with Crippen molar-refractivity contribution < 1.29 is 23.6 Å². The number of rotatable bonds is 5. The quantitative estimate of drug-likeness (QED) is 0.447. The van der Waals surface area contributed by atoms with Crippen LogP contribution in [0.2, 0.25) is 0 Å². The van der Waals surface area contributed by atoms with Crippen molar-refractivity contribution >= 4 is 23.2 Å². The Kier molecular flexibility index (Phi) is 6.15. The van der Waals surface area contributed by atoms with Gasteiger partial charge in [-0.3, -0.25) is 24.6 Å². The lowest BCUT2D eigenvalue weighted by molar-refractivity contribution is -0.387. The molecule has 24 heavy (non-hydrogen) atoms. The summed E-state index contributed by atoms with van der Waals surface area (Å²) in [5, 5.41) is 15.3. The van der Waals surface area contributed by atoms with Gasteiger partial charge in [-0.25, -0.2) is 0 Å². The molecule has 1 fully saturated rings. The van der Waals surface area contributed by atoms with Crippen LogP contribution in [0.4, 0.5) is 15.8 Å². The summed E-state index contributed by atoms with van der Waals surface area (Å²) < 4.78 is 18.4. The van der Waals surface area contributed by atoms with Crippen LogP contribution in [0.15, 0.2) is 18.2 Å². The summed E-state index contributed by atoms with van der Waals surface area (Å²) in [6, 6.07) is 2.85. The summed E-state index contributed by atoms with van der Waals surface area (Å²) in [6.45, 7) is 3.68. The molecule has 0 atom stereocenters. The van der Waals surface area contributed by atoms with E-state index in [4.69, 9.17) is 4.74 Å². The number of nitro groups is 1. The molecule has 1 aliphatic heterocycles. The van der Waals surface area contributed by atoms with Crippen LogP contribution in [0.5, 0.6) is 0 Å². The lowest BCUT2D eigenvalue weighted by atomic mass is 10.2. The minimum atomic E-state index is -1.02. The van der Waals surface area contributed by atoms with E-state index in [1.54, 1.807) is 0 Å². The van der Waals surface area contributed by atoms with E-state index in [1.807, 2.05) is 0 Å². The van der Waals surface area contributed by atoms with Gasteiger partial charge in [-0.2, -0.15) is 4.39 Å². The normalized spacial score (nSPS) is 14.9. The first kappa shape index (κ1) is 17.8. The van der Waals surface area contributed by atoms with Crippen molar-refractivity contribution in [3.05, 3.63) is 34.1 Å². The molecule has 1 saturated heterocycles. The molecular weight excluding hydrogens is 323 g/mol. The van der Waals surface area contributed by atoms with Crippen molar-refractivity contribution in [1.29, 1.82) is 0 Å². The summed E-state index contributed by atoms with van der Waals surface area (Å²) in [7, 11) is 0.